The Bertz CT molecular complexity index is 678. The normalized spacial score (nSPS) is 21.3. The van der Waals surface area contributed by atoms with E-state index in [1.54, 1.807) is 0 Å². The molecule has 0 radical (unpaired) electrons. The number of halogens is 1. The van der Waals surface area contributed by atoms with Crippen LogP contribution < -0.4 is 0 Å². The van der Waals surface area contributed by atoms with Crippen molar-refractivity contribution in [2.24, 2.45) is 5.92 Å². The highest BCUT2D eigenvalue weighted by molar-refractivity contribution is 6.30. The lowest BCUT2D eigenvalue weighted by molar-refractivity contribution is 0.719. The maximum Gasteiger partial charge on any atom is 0.0406 e. The highest BCUT2D eigenvalue weighted by Crippen LogP contribution is 2.39. The van der Waals surface area contributed by atoms with Crippen molar-refractivity contribution in [3.63, 3.8) is 0 Å². The average Bonchev–Trinajstić information content (AvgIpc) is 2.88. The summed E-state index contributed by atoms with van der Waals surface area (Å²) in [5.74, 6) is 0.654. The lowest BCUT2D eigenvalue weighted by atomic mass is 9.85. The van der Waals surface area contributed by atoms with Gasteiger partial charge >= 0.3 is 0 Å². The van der Waals surface area contributed by atoms with Crippen LogP contribution in [0.1, 0.15) is 17.0 Å². The first kappa shape index (κ1) is 13.9. The van der Waals surface area contributed by atoms with Gasteiger partial charge in [0.25, 0.3) is 0 Å². The second kappa shape index (κ2) is 6.15. The lowest BCUT2D eigenvalue weighted by Crippen LogP contribution is -2.05. The van der Waals surface area contributed by atoms with E-state index in [2.05, 4.69) is 67.3 Å². The van der Waals surface area contributed by atoms with Gasteiger partial charge in [0.2, 0.25) is 0 Å². The van der Waals surface area contributed by atoms with Crippen LogP contribution in [0.2, 0.25) is 5.02 Å². The van der Waals surface area contributed by atoms with Gasteiger partial charge in [0.15, 0.2) is 0 Å². The van der Waals surface area contributed by atoms with Gasteiger partial charge in [0.1, 0.15) is 0 Å². The van der Waals surface area contributed by atoms with E-state index in [-0.39, 0.29) is 0 Å². The maximum atomic E-state index is 5.98. The molecule has 0 heterocycles. The van der Waals surface area contributed by atoms with Crippen molar-refractivity contribution in [2.75, 3.05) is 0 Å². The Morgan fingerprint density at radius 2 is 1.67 bits per heavy atom. The van der Waals surface area contributed by atoms with E-state index < -0.39 is 0 Å². The number of hydrogen-bond donors (Lipinski definition) is 0. The van der Waals surface area contributed by atoms with Gasteiger partial charge in [-0.15, -0.1) is 0 Å². The quantitative estimate of drug-likeness (QED) is 0.663. The van der Waals surface area contributed by atoms with E-state index in [1.165, 1.54) is 11.1 Å². The van der Waals surface area contributed by atoms with Crippen LogP contribution in [0.5, 0.6) is 0 Å². The van der Waals surface area contributed by atoms with E-state index in [0.29, 0.717) is 11.8 Å². The number of allylic oxidation sites excluding steroid dienone is 4. The Hall–Kier alpha value is -2.05. The molecule has 0 aliphatic heterocycles. The Kier molecular flexibility index (Phi) is 4.08. The molecule has 1 aliphatic rings. The van der Waals surface area contributed by atoms with E-state index in [1.807, 2.05) is 18.2 Å². The molecule has 0 saturated carbocycles. The van der Waals surface area contributed by atoms with Crippen LogP contribution in [0.3, 0.4) is 0 Å². The summed E-state index contributed by atoms with van der Waals surface area (Å²) in [7, 11) is 0. The largest absolute Gasteiger partial charge is 0.0952 e. The molecule has 2 atom stereocenters. The summed E-state index contributed by atoms with van der Waals surface area (Å²) in [6.07, 6.45) is 8.78. The summed E-state index contributed by atoms with van der Waals surface area (Å²) < 4.78 is 0. The molecule has 0 unspecified atom stereocenters. The highest BCUT2D eigenvalue weighted by Gasteiger charge is 2.25. The van der Waals surface area contributed by atoms with Gasteiger partial charge in [-0.1, -0.05) is 84.9 Å². The second-order valence-electron chi connectivity index (χ2n) is 5.31. The van der Waals surface area contributed by atoms with Gasteiger partial charge in [0.05, 0.1) is 0 Å². The summed E-state index contributed by atoms with van der Waals surface area (Å²) in [6, 6.07) is 18.4. The van der Waals surface area contributed by atoms with Gasteiger partial charge in [-0.05, 0) is 28.8 Å². The van der Waals surface area contributed by atoms with Crippen molar-refractivity contribution >= 4 is 17.7 Å². The standard InChI is InChI=1S/C20H17Cl/c1-15-7-9-17(10-8-16-5-3-2-4-6-16)20(15)18-11-13-19(21)14-12-18/h2-14,17,20H,1H2/b10-8+/t17-,20+/m0/s1. The van der Waals surface area contributed by atoms with E-state index in [4.69, 9.17) is 11.6 Å². The summed E-state index contributed by atoms with van der Waals surface area (Å²) in [5, 5.41) is 0.770. The predicted octanol–water partition coefficient (Wildman–Crippen LogP) is 5.88. The number of hydrogen-bond acceptors (Lipinski definition) is 0. The summed E-state index contributed by atoms with van der Waals surface area (Å²) in [6.45, 7) is 4.19. The van der Waals surface area contributed by atoms with Crippen molar-refractivity contribution < 1.29 is 0 Å². The summed E-state index contributed by atoms with van der Waals surface area (Å²) in [5.41, 5.74) is 3.63. The van der Waals surface area contributed by atoms with Crippen LogP contribution in [-0.2, 0) is 0 Å². The van der Waals surface area contributed by atoms with Gasteiger partial charge < -0.3 is 0 Å². The van der Waals surface area contributed by atoms with Crippen molar-refractivity contribution in [1.29, 1.82) is 0 Å². The van der Waals surface area contributed by atoms with Crippen molar-refractivity contribution in [1.82, 2.24) is 0 Å². The third-order valence-corrected chi connectivity index (χ3v) is 4.11. The molecular formula is C20H17Cl. The Morgan fingerprint density at radius 1 is 0.952 bits per heavy atom. The molecule has 0 nitrogen and oxygen atoms in total. The fraction of sp³-hybridized carbons (Fsp3) is 0.100. The third kappa shape index (κ3) is 3.17. The average molecular weight is 293 g/mol. The minimum Gasteiger partial charge on any atom is -0.0952 e. The Balaban J connectivity index is 1.84. The first-order valence-electron chi connectivity index (χ1n) is 7.10. The first-order valence-corrected chi connectivity index (χ1v) is 7.47. The third-order valence-electron chi connectivity index (χ3n) is 3.86. The molecule has 0 amide bonds. The van der Waals surface area contributed by atoms with Crippen LogP contribution in [0.4, 0.5) is 0 Å². The van der Waals surface area contributed by atoms with Crippen LogP contribution in [0.25, 0.3) is 6.08 Å². The van der Waals surface area contributed by atoms with Crippen molar-refractivity contribution in [3.05, 3.63) is 101 Å². The minimum atomic E-state index is 0.308. The zero-order valence-electron chi connectivity index (χ0n) is 11.7. The number of rotatable bonds is 3. The van der Waals surface area contributed by atoms with E-state index in [9.17, 15) is 0 Å². The monoisotopic (exact) mass is 292 g/mol. The molecule has 0 N–H and O–H groups in total. The molecule has 0 fully saturated rings. The predicted molar refractivity (Wildman–Crippen MR) is 91.4 cm³/mol. The molecule has 0 spiro atoms. The zero-order chi connectivity index (χ0) is 14.7. The molecule has 3 rings (SSSR count). The second-order valence-corrected chi connectivity index (χ2v) is 5.75. The fourth-order valence-electron chi connectivity index (χ4n) is 2.76. The SMILES string of the molecule is C=C1C=C[C@@H](/C=C/c2ccccc2)[C@@H]1c1ccc(Cl)cc1. The minimum absolute atomic E-state index is 0.308. The van der Waals surface area contributed by atoms with Crippen LogP contribution in [0, 0.1) is 5.92 Å². The first-order chi connectivity index (χ1) is 10.2. The Labute approximate surface area is 131 Å². The number of benzene rings is 2. The van der Waals surface area contributed by atoms with Gasteiger partial charge in [0, 0.05) is 16.9 Å². The van der Waals surface area contributed by atoms with Gasteiger partial charge in [-0.25, -0.2) is 0 Å². The molecular weight excluding hydrogens is 276 g/mol. The van der Waals surface area contributed by atoms with Crippen LogP contribution in [-0.4, -0.2) is 0 Å². The molecule has 1 heteroatoms. The van der Waals surface area contributed by atoms with Crippen molar-refractivity contribution in [3.8, 4) is 0 Å². The molecule has 0 bridgehead atoms. The topological polar surface area (TPSA) is 0 Å². The molecule has 2 aromatic rings. The molecule has 104 valence electrons. The van der Waals surface area contributed by atoms with Gasteiger partial charge in [-0.2, -0.15) is 0 Å². The lowest BCUT2D eigenvalue weighted by Gasteiger charge is -2.18. The van der Waals surface area contributed by atoms with E-state index in [0.717, 1.165) is 10.6 Å². The van der Waals surface area contributed by atoms with Gasteiger partial charge in [-0.3, -0.25) is 0 Å². The molecule has 21 heavy (non-hydrogen) atoms. The molecule has 1 aliphatic carbocycles. The van der Waals surface area contributed by atoms with Crippen molar-refractivity contribution in [2.45, 2.75) is 5.92 Å². The van der Waals surface area contributed by atoms with Crippen LogP contribution >= 0.6 is 11.6 Å². The molecule has 0 saturated heterocycles. The maximum absolute atomic E-state index is 5.98. The fourth-order valence-corrected chi connectivity index (χ4v) is 2.89. The zero-order valence-corrected chi connectivity index (χ0v) is 12.5. The molecule has 2 aromatic carbocycles. The molecule has 0 aromatic heterocycles. The van der Waals surface area contributed by atoms with E-state index >= 15 is 0 Å². The Morgan fingerprint density at radius 3 is 2.38 bits per heavy atom. The van der Waals surface area contributed by atoms with Crippen LogP contribution in [0.15, 0.2) is 85.0 Å². The highest BCUT2D eigenvalue weighted by atomic mass is 35.5. The smallest absolute Gasteiger partial charge is 0.0406 e. The summed E-state index contributed by atoms with van der Waals surface area (Å²) in [4.78, 5) is 0. The summed E-state index contributed by atoms with van der Waals surface area (Å²) >= 11 is 5.98.